The van der Waals surface area contributed by atoms with Crippen molar-refractivity contribution in [1.29, 1.82) is 0 Å². The molecule has 2 atom stereocenters. The Balaban J connectivity index is 1.60. The minimum absolute atomic E-state index is 0.0154. The average Bonchev–Trinajstić information content (AvgIpc) is 3.12. The molecule has 1 saturated heterocycles. The number of pyridine rings is 1. The first-order valence-electron chi connectivity index (χ1n) is 9.40. The van der Waals surface area contributed by atoms with E-state index in [4.69, 9.17) is 4.74 Å². The second-order valence-corrected chi connectivity index (χ2v) is 6.92. The summed E-state index contributed by atoms with van der Waals surface area (Å²) in [7, 11) is 0. The fraction of sp³-hybridized carbons (Fsp3) is 0.429. The van der Waals surface area contributed by atoms with Crippen molar-refractivity contribution in [3.63, 3.8) is 0 Å². The summed E-state index contributed by atoms with van der Waals surface area (Å²) in [5.41, 5.74) is 1.75. The SMILES string of the molecule is CCNC(=O)C(C)c1ccc(O[C@@H]2CCN(c3nc(C)ccc3F)C2)cc1. The third-order valence-corrected chi connectivity index (χ3v) is 4.84. The maximum absolute atomic E-state index is 14.0. The molecule has 27 heavy (non-hydrogen) atoms. The van der Waals surface area contributed by atoms with E-state index >= 15 is 0 Å². The molecule has 2 heterocycles. The van der Waals surface area contributed by atoms with Crippen molar-refractivity contribution in [2.75, 3.05) is 24.5 Å². The highest BCUT2D eigenvalue weighted by Gasteiger charge is 2.27. The predicted molar refractivity (Wildman–Crippen MR) is 104 cm³/mol. The number of ether oxygens (including phenoxy) is 1. The van der Waals surface area contributed by atoms with Crippen LogP contribution in [0.3, 0.4) is 0 Å². The van der Waals surface area contributed by atoms with Crippen LogP contribution < -0.4 is 15.0 Å². The highest BCUT2D eigenvalue weighted by Crippen LogP contribution is 2.26. The number of aromatic nitrogens is 1. The first-order valence-corrected chi connectivity index (χ1v) is 9.40. The molecule has 2 aromatic rings. The molecule has 0 spiro atoms. The summed E-state index contributed by atoms with van der Waals surface area (Å²) >= 11 is 0. The molecule has 5 nitrogen and oxygen atoms in total. The van der Waals surface area contributed by atoms with Crippen molar-refractivity contribution in [3.8, 4) is 5.75 Å². The Hall–Kier alpha value is -2.63. The van der Waals surface area contributed by atoms with E-state index in [1.54, 1.807) is 6.07 Å². The Morgan fingerprint density at radius 1 is 1.33 bits per heavy atom. The molecule has 0 bridgehead atoms. The monoisotopic (exact) mass is 371 g/mol. The van der Waals surface area contributed by atoms with Gasteiger partial charge in [-0.25, -0.2) is 9.37 Å². The first-order chi connectivity index (χ1) is 13.0. The molecule has 1 amide bonds. The van der Waals surface area contributed by atoms with E-state index in [1.165, 1.54) is 6.07 Å². The number of aryl methyl sites for hydroxylation is 1. The molecule has 0 saturated carbocycles. The first kappa shape index (κ1) is 19.1. The van der Waals surface area contributed by atoms with E-state index in [-0.39, 0.29) is 23.7 Å². The standard InChI is InChI=1S/C21H26FN3O2/c1-4-23-21(26)15(3)16-6-8-17(9-7-16)27-18-11-12-25(13-18)20-19(22)10-5-14(2)24-20/h5-10,15,18H,4,11-13H2,1-3H3,(H,23,26)/t15?,18-/m1/s1. The number of carbonyl (C=O) groups excluding carboxylic acids is 1. The smallest absolute Gasteiger partial charge is 0.227 e. The van der Waals surface area contributed by atoms with Crippen LogP contribution in [0.15, 0.2) is 36.4 Å². The summed E-state index contributed by atoms with van der Waals surface area (Å²) in [5, 5.41) is 2.83. The highest BCUT2D eigenvalue weighted by atomic mass is 19.1. The number of amides is 1. The van der Waals surface area contributed by atoms with Crippen LogP contribution in [0.4, 0.5) is 10.2 Å². The molecule has 1 aliphatic rings. The molecule has 1 aromatic carbocycles. The van der Waals surface area contributed by atoms with Gasteiger partial charge in [0.15, 0.2) is 11.6 Å². The molecule has 1 aliphatic heterocycles. The summed E-state index contributed by atoms with van der Waals surface area (Å²) in [6.07, 6.45) is 0.796. The topological polar surface area (TPSA) is 54.5 Å². The normalized spacial score (nSPS) is 17.6. The lowest BCUT2D eigenvalue weighted by atomic mass is 10.0. The van der Waals surface area contributed by atoms with Gasteiger partial charge in [0.1, 0.15) is 11.9 Å². The number of hydrogen-bond acceptors (Lipinski definition) is 4. The maximum Gasteiger partial charge on any atom is 0.227 e. The van der Waals surface area contributed by atoms with Crippen molar-refractivity contribution in [1.82, 2.24) is 10.3 Å². The predicted octanol–water partition coefficient (Wildman–Crippen LogP) is 3.43. The number of likely N-dealkylation sites (N-methyl/N-ethyl adjacent to an activating group) is 1. The van der Waals surface area contributed by atoms with E-state index < -0.39 is 0 Å². The Labute approximate surface area is 159 Å². The van der Waals surface area contributed by atoms with Gasteiger partial charge in [-0.3, -0.25) is 4.79 Å². The third kappa shape index (κ3) is 4.56. The summed E-state index contributed by atoms with van der Waals surface area (Å²) < 4.78 is 20.1. The number of rotatable bonds is 6. The molecule has 1 N–H and O–H groups in total. The van der Waals surface area contributed by atoms with E-state index in [9.17, 15) is 9.18 Å². The van der Waals surface area contributed by atoms with Gasteiger partial charge in [-0.15, -0.1) is 0 Å². The minimum atomic E-state index is -0.301. The Morgan fingerprint density at radius 3 is 2.78 bits per heavy atom. The fourth-order valence-electron chi connectivity index (χ4n) is 3.27. The molecule has 144 valence electrons. The zero-order valence-corrected chi connectivity index (χ0v) is 16.0. The summed E-state index contributed by atoms with van der Waals surface area (Å²) in [5.74, 6) is 0.671. The summed E-state index contributed by atoms with van der Waals surface area (Å²) in [6.45, 7) is 7.59. The zero-order chi connectivity index (χ0) is 19.4. The van der Waals surface area contributed by atoms with Crippen LogP contribution >= 0.6 is 0 Å². The van der Waals surface area contributed by atoms with Gasteiger partial charge in [0, 0.05) is 25.2 Å². The van der Waals surface area contributed by atoms with Crippen LogP contribution in [0, 0.1) is 12.7 Å². The molecule has 1 unspecified atom stereocenters. The fourth-order valence-corrected chi connectivity index (χ4v) is 3.27. The minimum Gasteiger partial charge on any atom is -0.489 e. The molecule has 1 aromatic heterocycles. The van der Waals surface area contributed by atoms with E-state index in [0.29, 0.717) is 25.5 Å². The third-order valence-electron chi connectivity index (χ3n) is 4.84. The molecular weight excluding hydrogens is 345 g/mol. The Kier molecular flexibility index (Phi) is 5.94. The Morgan fingerprint density at radius 2 is 2.07 bits per heavy atom. The summed E-state index contributed by atoms with van der Waals surface area (Å²) in [6, 6.07) is 10.7. The van der Waals surface area contributed by atoms with Gasteiger partial charge >= 0.3 is 0 Å². The number of carbonyl (C=O) groups is 1. The van der Waals surface area contributed by atoms with Crippen molar-refractivity contribution in [2.24, 2.45) is 0 Å². The van der Waals surface area contributed by atoms with Crippen molar-refractivity contribution >= 4 is 11.7 Å². The number of nitrogens with one attached hydrogen (secondary N) is 1. The molecule has 6 heteroatoms. The quantitative estimate of drug-likeness (QED) is 0.845. The van der Waals surface area contributed by atoms with Crippen LogP contribution in [-0.4, -0.2) is 36.6 Å². The second kappa shape index (κ2) is 8.37. The van der Waals surface area contributed by atoms with Crippen LogP contribution in [0.5, 0.6) is 5.75 Å². The molecule has 0 aliphatic carbocycles. The van der Waals surface area contributed by atoms with Gasteiger partial charge in [-0.05, 0) is 50.6 Å². The molecule has 3 rings (SSSR count). The van der Waals surface area contributed by atoms with Crippen LogP contribution in [0.1, 0.15) is 37.4 Å². The van der Waals surface area contributed by atoms with Crippen molar-refractivity contribution in [2.45, 2.75) is 39.2 Å². The molecule has 1 fully saturated rings. The van der Waals surface area contributed by atoms with Gasteiger partial charge in [0.25, 0.3) is 0 Å². The molecular formula is C21H26FN3O2. The second-order valence-electron chi connectivity index (χ2n) is 6.92. The number of nitrogens with zero attached hydrogens (tertiary/aromatic N) is 2. The Bertz CT molecular complexity index is 795. The van der Waals surface area contributed by atoms with Gasteiger partial charge in [-0.1, -0.05) is 12.1 Å². The van der Waals surface area contributed by atoms with E-state index in [1.807, 2.05) is 49.9 Å². The van der Waals surface area contributed by atoms with Gasteiger partial charge < -0.3 is 15.0 Å². The van der Waals surface area contributed by atoms with Gasteiger partial charge in [0.2, 0.25) is 5.91 Å². The highest BCUT2D eigenvalue weighted by molar-refractivity contribution is 5.83. The van der Waals surface area contributed by atoms with Gasteiger partial charge in [0.05, 0.1) is 12.5 Å². The lowest BCUT2D eigenvalue weighted by Gasteiger charge is -2.19. The largest absolute Gasteiger partial charge is 0.489 e. The number of halogens is 1. The number of hydrogen-bond donors (Lipinski definition) is 1. The lowest BCUT2D eigenvalue weighted by molar-refractivity contribution is -0.122. The zero-order valence-electron chi connectivity index (χ0n) is 16.0. The van der Waals surface area contributed by atoms with Crippen LogP contribution in [0.2, 0.25) is 0 Å². The van der Waals surface area contributed by atoms with E-state index in [0.717, 1.165) is 23.4 Å². The number of benzene rings is 1. The lowest BCUT2D eigenvalue weighted by Crippen LogP contribution is -2.27. The number of anilines is 1. The van der Waals surface area contributed by atoms with Gasteiger partial charge in [-0.2, -0.15) is 0 Å². The molecule has 0 radical (unpaired) electrons. The van der Waals surface area contributed by atoms with Crippen molar-refractivity contribution < 1.29 is 13.9 Å². The van der Waals surface area contributed by atoms with Crippen LogP contribution in [-0.2, 0) is 4.79 Å². The van der Waals surface area contributed by atoms with Crippen LogP contribution in [0.25, 0.3) is 0 Å². The summed E-state index contributed by atoms with van der Waals surface area (Å²) in [4.78, 5) is 18.2. The maximum atomic E-state index is 14.0. The van der Waals surface area contributed by atoms with Crippen molar-refractivity contribution in [3.05, 3.63) is 53.5 Å². The average molecular weight is 371 g/mol. The van der Waals surface area contributed by atoms with E-state index in [2.05, 4.69) is 10.3 Å².